The highest BCUT2D eigenvalue weighted by Crippen LogP contribution is 2.24. The molecule has 0 radical (unpaired) electrons. The number of anilines is 1. The second-order valence-corrected chi connectivity index (χ2v) is 7.39. The highest BCUT2D eigenvalue weighted by molar-refractivity contribution is 5.70. The van der Waals surface area contributed by atoms with E-state index in [0.717, 1.165) is 37.4 Å². The molecule has 1 atom stereocenters. The van der Waals surface area contributed by atoms with E-state index in [0.29, 0.717) is 12.3 Å². The lowest BCUT2D eigenvalue weighted by molar-refractivity contribution is 0.169. The number of benzene rings is 2. The summed E-state index contributed by atoms with van der Waals surface area (Å²) < 4.78 is 18.6. The van der Waals surface area contributed by atoms with Gasteiger partial charge in [0.15, 0.2) is 0 Å². The first kappa shape index (κ1) is 20.8. The topological polar surface area (TPSA) is 57.7 Å². The molecule has 0 aliphatic carbocycles. The van der Waals surface area contributed by atoms with Gasteiger partial charge in [0.05, 0.1) is 6.04 Å². The maximum Gasteiger partial charge on any atom is 0.412 e. The van der Waals surface area contributed by atoms with E-state index >= 15 is 0 Å². The molecule has 1 aliphatic heterocycles. The molecule has 7 heteroatoms. The standard InChI is InChI=1S/C24H25FN4O2/c25-20-8-10-21(11-9-20)28-13-15-29(16-14-28)23(19-5-4-12-26-17-19)18-27-24(30)31-22-6-2-1-3-7-22/h1-12,17,23H,13-16,18H2,(H,27,30)/t23-/m1/s1. The van der Waals surface area contributed by atoms with Gasteiger partial charge in [-0.1, -0.05) is 24.3 Å². The summed E-state index contributed by atoms with van der Waals surface area (Å²) in [4.78, 5) is 21.1. The molecule has 0 saturated carbocycles. The predicted molar refractivity (Wildman–Crippen MR) is 118 cm³/mol. The van der Waals surface area contributed by atoms with Crippen LogP contribution in [0.3, 0.4) is 0 Å². The van der Waals surface area contributed by atoms with E-state index in [1.165, 1.54) is 12.1 Å². The summed E-state index contributed by atoms with van der Waals surface area (Å²) in [5.74, 6) is 0.276. The number of carbonyl (C=O) groups is 1. The van der Waals surface area contributed by atoms with Crippen LogP contribution < -0.4 is 15.0 Å². The number of piperazine rings is 1. The van der Waals surface area contributed by atoms with Crippen molar-refractivity contribution in [2.75, 3.05) is 37.6 Å². The van der Waals surface area contributed by atoms with E-state index < -0.39 is 6.09 Å². The van der Waals surface area contributed by atoms with Crippen LogP contribution in [0, 0.1) is 5.82 Å². The number of hydrogen-bond donors (Lipinski definition) is 1. The Kier molecular flexibility index (Phi) is 6.74. The zero-order valence-corrected chi connectivity index (χ0v) is 17.2. The number of halogens is 1. The molecule has 0 bridgehead atoms. The average Bonchev–Trinajstić information content (AvgIpc) is 2.81. The number of para-hydroxylation sites is 1. The number of aromatic nitrogens is 1. The van der Waals surface area contributed by atoms with Crippen LogP contribution in [0.2, 0.25) is 0 Å². The van der Waals surface area contributed by atoms with Crippen molar-refractivity contribution in [1.29, 1.82) is 0 Å². The van der Waals surface area contributed by atoms with E-state index in [4.69, 9.17) is 4.74 Å². The Labute approximate surface area is 181 Å². The lowest BCUT2D eigenvalue weighted by Gasteiger charge is -2.40. The zero-order valence-electron chi connectivity index (χ0n) is 17.2. The van der Waals surface area contributed by atoms with Crippen molar-refractivity contribution in [1.82, 2.24) is 15.2 Å². The summed E-state index contributed by atoms with van der Waals surface area (Å²) in [7, 11) is 0. The van der Waals surface area contributed by atoms with Gasteiger partial charge >= 0.3 is 6.09 Å². The maximum absolute atomic E-state index is 13.2. The third kappa shape index (κ3) is 5.58. The molecule has 2 aromatic carbocycles. The molecular weight excluding hydrogens is 395 g/mol. The quantitative estimate of drug-likeness (QED) is 0.656. The van der Waals surface area contributed by atoms with Gasteiger partial charge in [-0.3, -0.25) is 9.88 Å². The van der Waals surface area contributed by atoms with Crippen LogP contribution in [0.5, 0.6) is 5.75 Å². The van der Waals surface area contributed by atoms with Crippen LogP contribution in [0.25, 0.3) is 0 Å². The maximum atomic E-state index is 13.2. The van der Waals surface area contributed by atoms with Crippen LogP contribution in [0.4, 0.5) is 14.9 Å². The summed E-state index contributed by atoms with van der Waals surface area (Å²) in [6.45, 7) is 3.67. The third-order valence-corrected chi connectivity index (χ3v) is 5.41. The summed E-state index contributed by atoms with van der Waals surface area (Å²) in [5.41, 5.74) is 2.06. The molecule has 1 aliphatic rings. The minimum atomic E-state index is -0.481. The number of amides is 1. The fourth-order valence-corrected chi connectivity index (χ4v) is 3.79. The number of rotatable bonds is 6. The second-order valence-electron chi connectivity index (χ2n) is 7.39. The van der Waals surface area contributed by atoms with Crippen molar-refractivity contribution in [3.63, 3.8) is 0 Å². The SMILES string of the molecule is O=C(NC[C@H](c1cccnc1)N1CCN(c2ccc(F)cc2)CC1)Oc1ccccc1. The van der Waals surface area contributed by atoms with E-state index in [2.05, 4.69) is 20.1 Å². The first-order chi connectivity index (χ1) is 15.2. The van der Waals surface area contributed by atoms with Crippen molar-refractivity contribution in [3.05, 3.63) is 90.5 Å². The van der Waals surface area contributed by atoms with Gasteiger partial charge < -0.3 is 15.0 Å². The fraction of sp³-hybridized carbons (Fsp3) is 0.250. The zero-order chi connectivity index (χ0) is 21.5. The third-order valence-electron chi connectivity index (χ3n) is 5.41. The van der Waals surface area contributed by atoms with Gasteiger partial charge in [0.2, 0.25) is 0 Å². The highest BCUT2D eigenvalue weighted by atomic mass is 19.1. The Morgan fingerprint density at radius 2 is 1.74 bits per heavy atom. The van der Waals surface area contributed by atoms with Crippen LogP contribution >= 0.6 is 0 Å². The number of pyridine rings is 1. The summed E-state index contributed by atoms with van der Waals surface area (Å²) >= 11 is 0. The molecule has 3 aromatic rings. The summed E-state index contributed by atoms with van der Waals surface area (Å²) in [6.07, 6.45) is 3.09. The van der Waals surface area contributed by atoms with Gasteiger partial charge in [-0.05, 0) is 48.0 Å². The largest absolute Gasteiger partial charge is 0.412 e. The normalized spacial score (nSPS) is 15.3. The van der Waals surface area contributed by atoms with Crippen molar-refractivity contribution < 1.29 is 13.9 Å². The first-order valence-electron chi connectivity index (χ1n) is 10.3. The molecule has 160 valence electrons. The molecule has 1 amide bonds. The van der Waals surface area contributed by atoms with Gasteiger partial charge in [0, 0.05) is 50.8 Å². The van der Waals surface area contributed by atoms with Crippen LogP contribution in [0.15, 0.2) is 79.1 Å². The molecule has 1 fully saturated rings. The first-order valence-corrected chi connectivity index (χ1v) is 10.3. The Bertz CT molecular complexity index is 962. The van der Waals surface area contributed by atoms with Gasteiger partial charge in [-0.2, -0.15) is 0 Å². The van der Waals surface area contributed by atoms with Gasteiger partial charge in [0.25, 0.3) is 0 Å². The minimum Gasteiger partial charge on any atom is -0.410 e. The molecule has 2 heterocycles. The Hall–Kier alpha value is -3.45. The van der Waals surface area contributed by atoms with Crippen molar-refractivity contribution in [3.8, 4) is 5.75 Å². The van der Waals surface area contributed by atoms with Crippen molar-refractivity contribution in [2.45, 2.75) is 6.04 Å². The molecule has 0 spiro atoms. The van der Waals surface area contributed by atoms with Gasteiger partial charge in [0.1, 0.15) is 11.6 Å². The van der Waals surface area contributed by atoms with Crippen LogP contribution in [-0.4, -0.2) is 48.7 Å². The Morgan fingerprint density at radius 3 is 2.42 bits per heavy atom. The molecule has 0 unspecified atom stereocenters. The number of hydrogen-bond acceptors (Lipinski definition) is 5. The second kappa shape index (κ2) is 10.0. The summed E-state index contributed by atoms with van der Waals surface area (Å²) in [6, 6.07) is 19.5. The van der Waals surface area contributed by atoms with E-state index in [1.54, 1.807) is 18.3 Å². The van der Waals surface area contributed by atoms with Gasteiger partial charge in [-0.25, -0.2) is 9.18 Å². The molecule has 31 heavy (non-hydrogen) atoms. The van der Waals surface area contributed by atoms with E-state index in [9.17, 15) is 9.18 Å². The smallest absolute Gasteiger partial charge is 0.410 e. The number of carbonyl (C=O) groups excluding carboxylic acids is 1. The number of ether oxygens (including phenoxy) is 1. The van der Waals surface area contributed by atoms with E-state index in [1.807, 2.05) is 48.7 Å². The number of nitrogens with one attached hydrogen (secondary N) is 1. The monoisotopic (exact) mass is 420 g/mol. The summed E-state index contributed by atoms with van der Waals surface area (Å²) in [5, 5.41) is 2.89. The molecular formula is C24H25FN4O2. The molecule has 4 rings (SSSR count). The lowest BCUT2D eigenvalue weighted by atomic mass is 10.1. The van der Waals surface area contributed by atoms with Crippen LogP contribution in [0.1, 0.15) is 11.6 Å². The molecule has 1 N–H and O–H groups in total. The van der Waals surface area contributed by atoms with E-state index in [-0.39, 0.29) is 11.9 Å². The highest BCUT2D eigenvalue weighted by Gasteiger charge is 2.26. The lowest BCUT2D eigenvalue weighted by Crippen LogP contribution is -2.50. The number of nitrogens with zero attached hydrogens (tertiary/aromatic N) is 3. The molecule has 6 nitrogen and oxygen atoms in total. The fourth-order valence-electron chi connectivity index (χ4n) is 3.79. The minimum absolute atomic E-state index is 0.0209. The van der Waals surface area contributed by atoms with Gasteiger partial charge in [-0.15, -0.1) is 0 Å². The Balaban J connectivity index is 1.39. The van der Waals surface area contributed by atoms with Crippen molar-refractivity contribution >= 4 is 11.8 Å². The molecule has 1 aromatic heterocycles. The van der Waals surface area contributed by atoms with Crippen LogP contribution in [-0.2, 0) is 0 Å². The molecule has 1 saturated heterocycles. The Morgan fingerprint density at radius 1 is 1.00 bits per heavy atom. The average molecular weight is 420 g/mol. The predicted octanol–water partition coefficient (Wildman–Crippen LogP) is 3.87. The van der Waals surface area contributed by atoms with Crippen molar-refractivity contribution in [2.24, 2.45) is 0 Å².